The van der Waals surface area contributed by atoms with Gasteiger partial charge in [0.1, 0.15) is 4.90 Å². The van der Waals surface area contributed by atoms with Gasteiger partial charge in [-0.25, -0.2) is 18.1 Å². The predicted molar refractivity (Wildman–Crippen MR) is 51.7 cm³/mol. The van der Waals surface area contributed by atoms with Gasteiger partial charge in [-0.2, -0.15) is 0 Å². The predicted octanol–water partition coefficient (Wildman–Crippen LogP) is 0.388. The first-order valence-corrected chi connectivity index (χ1v) is 5.61. The van der Waals surface area contributed by atoms with Crippen LogP contribution in [0.3, 0.4) is 0 Å². The lowest BCUT2D eigenvalue weighted by Gasteiger charge is -2.03. The number of sulfonamides is 1. The number of aromatic nitrogens is 1. The average Bonchev–Trinajstić information content (AvgIpc) is 2.19. The summed E-state index contributed by atoms with van der Waals surface area (Å²) in [4.78, 5) is 3.97. The molecule has 0 spiro atoms. The highest BCUT2D eigenvalue weighted by Crippen LogP contribution is 2.11. The summed E-state index contributed by atoms with van der Waals surface area (Å²) in [7, 11) is -2.04. The first kappa shape index (κ1) is 10.9. The molecule has 0 saturated carbocycles. The second kappa shape index (κ2) is 4.39. The van der Waals surface area contributed by atoms with Crippen molar-refractivity contribution in [1.29, 1.82) is 0 Å². The van der Waals surface area contributed by atoms with E-state index in [4.69, 9.17) is 4.74 Å². The summed E-state index contributed by atoms with van der Waals surface area (Å²) >= 11 is 0. The Kier molecular flexibility index (Phi) is 3.43. The molecule has 1 aromatic heterocycles. The molecule has 0 amide bonds. The summed E-state index contributed by atoms with van der Waals surface area (Å²) in [5.41, 5.74) is 0. The molecular weight excluding hydrogens is 204 g/mol. The molecule has 6 heteroatoms. The highest BCUT2D eigenvalue weighted by atomic mass is 32.2. The van der Waals surface area contributed by atoms with Gasteiger partial charge in [-0.1, -0.05) is 0 Å². The SMILES string of the molecule is CCOc1ccc(S(=O)(=O)NC)cn1. The fourth-order valence-electron chi connectivity index (χ4n) is 0.877. The number of pyridine rings is 1. The Morgan fingerprint density at radius 1 is 1.50 bits per heavy atom. The maximum atomic E-state index is 11.3. The lowest BCUT2D eigenvalue weighted by molar-refractivity contribution is 0.326. The number of ether oxygens (including phenoxy) is 1. The Balaban J connectivity index is 2.94. The van der Waals surface area contributed by atoms with Crippen LogP contribution < -0.4 is 9.46 Å². The number of hydrogen-bond donors (Lipinski definition) is 1. The van der Waals surface area contributed by atoms with Crippen molar-refractivity contribution in [2.45, 2.75) is 11.8 Å². The van der Waals surface area contributed by atoms with Crippen LogP contribution in [0, 0.1) is 0 Å². The van der Waals surface area contributed by atoms with E-state index in [0.717, 1.165) is 0 Å². The second-order valence-corrected chi connectivity index (χ2v) is 4.36. The molecule has 5 nitrogen and oxygen atoms in total. The van der Waals surface area contributed by atoms with Crippen LogP contribution in [0.15, 0.2) is 23.2 Å². The summed E-state index contributed by atoms with van der Waals surface area (Å²) < 4.78 is 29.8. The van der Waals surface area contributed by atoms with Gasteiger partial charge in [-0.15, -0.1) is 0 Å². The quantitative estimate of drug-likeness (QED) is 0.790. The Morgan fingerprint density at radius 2 is 2.21 bits per heavy atom. The van der Waals surface area contributed by atoms with Gasteiger partial charge in [-0.3, -0.25) is 0 Å². The summed E-state index contributed by atoms with van der Waals surface area (Å²) in [6, 6.07) is 2.97. The highest BCUT2D eigenvalue weighted by molar-refractivity contribution is 7.89. The molecule has 0 aliphatic heterocycles. The third-order valence-electron chi connectivity index (χ3n) is 1.58. The van der Waals surface area contributed by atoms with Gasteiger partial charge in [0, 0.05) is 6.07 Å². The van der Waals surface area contributed by atoms with E-state index in [0.29, 0.717) is 12.5 Å². The van der Waals surface area contributed by atoms with Gasteiger partial charge in [0.2, 0.25) is 15.9 Å². The first-order chi connectivity index (χ1) is 6.60. The van der Waals surface area contributed by atoms with Crippen LogP contribution in [-0.2, 0) is 10.0 Å². The van der Waals surface area contributed by atoms with Gasteiger partial charge < -0.3 is 4.74 Å². The van der Waals surface area contributed by atoms with E-state index < -0.39 is 10.0 Å². The lowest BCUT2D eigenvalue weighted by atomic mass is 10.5. The van der Waals surface area contributed by atoms with Gasteiger partial charge in [0.05, 0.1) is 12.8 Å². The van der Waals surface area contributed by atoms with E-state index in [2.05, 4.69) is 9.71 Å². The minimum Gasteiger partial charge on any atom is -0.478 e. The molecule has 78 valence electrons. The molecule has 0 aromatic carbocycles. The Labute approximate surface area is 83.2 Å². The summed E-state index contributed by atoms with van der Waals surface area (Å²) in [5, 5.41) is 0. The van der Waals surface area contributed by atoms with Gasteiger partial charge >= 0.3 is 0 Å². The standard InChI is InChI=1S/C8H12N2O3S/c1-3-13-8-5-4-7(6-10-8)14(11,12)9-2/h4-6,9H,3H2,1-2H3. The molecule has 0 saturated heterocycles. The smallest absolute Gasteiger partial charge is 0.241 e. The molecule has 0 bridgehead atoms. The summed E-state index contributed by atoms with van der Waals surface area (Å²) in [5.74, 6) is 0.419. The van der Waals surface area contributed by atoms with Crippen LogP contribution in [0.1, 0.15) is 6.92 Å². The van der Waals surface area contributed by atoms with Crippen molar-refractivity contribution in [3.8, 4) is 5.88 Å². The van der Waals surface area contributed by atoms with Crippen LogP contribution in [0.25, 0.3) is 0 Å². The number of hydrogen-bond acceptors (Lipinski definition) is 4. The van der Waals surface area contributed by atoms with Gasteiger partial charge in [-0.05, 0) is 20.0 Å². The van der Waals surface area contributed by atoms with Crippen LogP contribution >= 0.6 is 0 Å². The molecule has 0 aliphatic rings. The van der Waals surface area contributed by atoms with Crippen molar-refractivity contribution in [3.63, 3.8) is 0 Å². The van der Waals surface area contributed by atoms with Gasteiger partial charge in [0.25, 0.3) is 0 Å². The molecule has 1 heterocycles. The fourth-order valence-corrected chi connectivity index (χ4v) is 1.55. The third kappa shape index (κ3) is 2.43. The maximum absolute atomic E-state index is 11.3. The molecule has 0 radical (unpaired) electrons. The van der Waals surface area contributed by atoms with Crippen LogP contribution in [0.4, 0.5) is 0 Å². The third-order valence-corrected chi connectivity index (χ3v) is 2.98. The number of nitrogens with one attached hydrogen (secondary N) is 1. The van der Waals surface area contributed by atoms with Crippen LogP contribution in [0.2, 0.25) is 0 Å². The topological polar surface area (TPSA) is 68.3 Å². The molecule has 1 N–H and O–H groups in total. The molecule has 0 aliphatic carbocycles. The number of nitrogens with zero attached hydrogens (tertiary/aromatic N) is 1. The normalized spacial score (nSPS) is 11.3. The zero-order valence-electron chi connectivity index (χ0n) is 8.02. The Bertz CT molecular complexity index is 386. The summed E-state index contributed by atoms with van der Waals surface area (Å²) in [6.07, 6.45) is 1.26. The van der Waals surface area contributed by atoms with Crippen molar-refractivity contribution >= 4 is 10.0 Å². The van der Waals surface area contributed by atoms with E-state index in [9.17, 15) is 8.42 Å². The second-order valence-electron chi connectivity index (χ2n) is 2.47. The highest BCUT2D eigenvalue weighted by Gasteiger charge is 2.11. The number of rotatable bonds is 4. The molecule has 14 heavy (non-hydrogen) atoms. The monoisotopic (exact) mass is 216 g/mol. The zero-order chi connectivity index (χ0) is 10.6. The van der Waals surface area contributed by atoms with Crippen LogP contribution in [-0.4, -0.2) is 27.1 Å². The molecular formula is C8H12N2O3S. The van der Waals surface area contributed by atoms with Crippen molar-refractivity contribution in [1.82, 2.24) is 9.71 Å². The Hall–Kier alpha value is -1.14. The maximum Gasteiger partial charge on any atom is 0.241 e. The van der Waals surface area contributed by atoms with Crippen LogP contribution in [0.5, 0.6) is 5.88 Å². The minimum atomic E-state index is -3.40. The first-order valence-electron chi connectivity index (χ1n) is 4.12. The van der Waals surface area contributed by atoms with E-state index in [1.54, 1.807) is 0 Å². The van der Waals surface area contributed by atoms with Crippen molar-refractivity contribution in [3.05, 3.63) is 18.3 Å². The minimum absolute atomic E-state index is 0.128. The molecule has 0 unspecified atom stereocenters. The fraction of sp³-hybridized carbons (Fsp3) is 0.375. The molecule has 1 rings (SSSR count). The van der Waals surface area contributed by atoms with Gasteiger partial charge in [0.15, 0.2) is 0 Å². The van der Waals surface area contributed by atoms with Crippen molar-refractivity contribution in [2.24, 2.45) is 0 Å². The van der Waals surface area contributed by atoms with Crippen molar-refractivity contribution < 1.29 is 13.2 Å². The zero-order valence-corrected chi connectivity index (χ0v) is 8.84. The Morgan fingerprint density at radius 3 is 2.64 bits per heavy atom. The lowest BCUT2D eigenvalue weighted by Crippen LogP contribution is -2.18. The largest absolute Gasteiger partial charge is 0.478 e. The molecule has 1 aromatic rings. The molecule has 0 atom stereocenters. The van der Waals surface area contributed by atoms with Crippen molar-refractivity contribution in [2.75, 3.05) is 13.7 Å². The van der Waals surface area contributed by atoms with E-state index in [-0.39, 0.29) is 4.90 Å². The molecule has 0 fully saturated rings. The van der Waals surface area contributed by atoms with E-state index in [1.165, 1.54) is 25.4 Å². The van der Waals surface area contributed by atoms with E-state index in [1.807, 2.05) is 6.92 Å². The summed E-state index contributed by atoms with van der Waals surface area (Å²) in [6.45, 7) is 2.34. The average molecular weight is 216 g/mol. The van der Waals surface area contributed by atoms with E-state index >= 15 is 0 Å².